The van der Waals surface area contributed by atoms with E-state index in [1.54, 1.807) is 0 Å². The van der Waals surface area contributed by atoms with Gasteiger partial charge in [0.05, 0.1) is 6.61 Å². The summed E-state index contributed by atoms with van der Waals surface area (Å²) >= 11 is 0. The first-order chi connectivity index (χ1) is 8.96. The molecule has 1 aromatic rings. The number of hydrogen-bond donors (Lipinski definition) is 1. The lowest BCUT2D eigenvalue weighted by Crippen LogP contribution is -2.38. The number of aromatic nitrogens is 2. The highest BCUT2D eigenvalue weighted by atomic mass is 19.4. The highest BCUT2D eigenvalue weighted by Crippen LogP contribution is 2.22. The van der Waals surface area contributed by atoms with Gasteiger partial charge in [0.2, 0.25) is 5.88 Å². The van der Waals surface area contributed by atoms with Crippen LogP contribution in [0.4, 0.5) is 19.0 Å². The Kier molecular flexibility index (Phi) is 5.81. The predicted octanol–water partition coefficient (Wildman–Crippen LogP) is 1.59. The summed E-state index contributed by atoms with van der Waals surface area (Å²) < 4.78 is 42.6. The molecule has 1 aromatic heterocycles. The third-order valence-corrected chi connectivity index (χ3v) is 2.17. The molecule has 19 heavy (non-hydrogen) atoms. The van der Waals surface area contributed by atoms with Crippen molar-refractivity contribution in [2.75, 3.05) is 31.1 Å². The fraction of sp³-hybridized carbons (Fsp3) is 0.636. The number of rotatable bonds is 7. The summed E-state index contributed by atoms with van der Waals surface area (Å²) in [7, 11) is 0. The predicted molar refractivity (Wildman–Crippen MR) is 65.1 cm³/mol. The lowest BCUT2D eigenvalue weighted by Gasteiger charge is -2.24. The molecule has 8 heteroatoms. The minimum absolute atomic E-state index is 0.0593. The van der Waals surface area contributed by atoms with Crippen molar-refractivity contribution in [3.63, 3.8) is 0 Å². The summed E-state index contributed by atoms with van der Waals surface area (Å²) in [5.74, 6) is 0.417. The van der Waals surface area contributed by atoms with E-state index in [-0.39, 0.29) is 24.8 Å². The van der Waals surface area contributed by atoms with Gasteiger partial charge in [0.1, 0.15) is 18.7 Å². The Morgan fingerprint density at radius 2 is 2.11 bits per heavy atom. The van der Waals surface area contributed by atoms with Gasteiger partial charge in [-0.05, 0) is 6.42 Å². The third-order valence-electron chi connectivity index (χ3n) is 2.17. The highest BCUT2D eigenvalue weighted by molar-refractivity contribution is 5.41. The van der Waals surface area contributed by atoms with Crippen LogP contribution >= 0.6 is 0 Å². The molecule has 5 nitrogen and oxygen atoms in total. The molecule has 0 aliphatic carbocycles. The maximum absolute atomic E-state index is 12.5. The normalized spacial score (nSPS) is 11.4. The van der Waals surface area contributed by atoms with Crippen molar-refractivity contribution < 1.29 is 17.9 Å². The van der Waals surface area contributed by atoms with E-state index in [4.69, 9.17) is 10.5 Å². The van der Waals surface area contributed by atoms with Crippen molar-refractivity contribution in [3.8, 4) is 5.88 Å². The first-order valence-corrected chi connectivity index (χ1v) is 5.93. The molecule has 2 N–H and O–H groups in total. The maximum Gasteiger partial charge on any atom is 0.405 e. The standard InChI is InChI=1S/C11H17F3N4O/c1-2-5-19-10-6-9(16-8-17-10)18(4-3-15)7-11(12,13)14/h6,8H,2-5,7,15H2,1H3. The van der Waals surface area contributed by atoms with E-state index in [9.17, 15) is 13.2 Å². The van der Waals surface area contributed by atoms with Crippen molar-refractivity contribution >= 4 is 5.82 Å². The largest absolute Gasteiger partial charge is 0.478 e. The first-order valence-electron chi connectivity index (χ1n) is 5.93. The quantitative estimate of drug-likeness (QED) is 0.820. The lowest BCUT2D eigenvalue weighted by atomic mass is 10.4. The van der Waals surface area contributed by atoms with Gasteiger partial charge in [-0.2, -0.15) is 13.2 Å². The molecule has 0 saturated heterocycles. The molecule has 0 aromatic carbocycles. The Labute approximate surface area is 109 Å². The van der Waals surface area contributed by atoms with E-state index in [0.29, 0.717) is 6.61 Å². The summed E-state index contributed by atoms with van der Waals surface area (Å²) in [4.78, 5) is 8.73. The topological polar surface area (TPSA) is 64.3 Å². The van der Waals surface area contributed by atoms with Crippen molar-refractivity contribution in [2.45, 2.75) is 19.5 Å². The van der Waals surface area contributed by atoms with E-state index in [1.165, 1.54) is 12.4 Å². The number of nitrogens with zero attached hydrogens (tertiary/aromatic N) is 3. The van der Waals surface area contributed by atoms with Crippen molar-refractivity contribution in [1.29, 1.82) is 0 Å². The molecule has 0 aliphatic rings. The van der Waals surface area contributed by atoms with E-state index in [2.05, 4.69) is 9.97 Å². The van der Waals surface area contributed by atoms with Crippen LogP contribution in [0.1, 0.15) is 13.3 Å². The molecule has 0 aliphatic heterocycles. The molecule has 0 spiro atoms. The zero-order chi connectivity index (χ0) is 14.3. The number of anilines is 1. The molecule has 108 valence electrons. The van der Waals surface area contributed by atoms with Gasteiger partial charge >= 0.3 is 6.18 Å². The van der Waals surface area contributed by atoms with Crippen LogP contribution in [0.5, 0.6) is 5.88 Å². The van der Waals surface area contributed by atoms with Gasteiger partial charge in [0, 0.05) is 19.2 Å². The lowest BCUT2D eigenvalue weighted by molar-refractivity contribution is -0.119. The van der Waals surface area contributed by atoms with Crippen LogP contribution in [0.25, 0.3) is 0 Å². The summed E-state index contributed by atoms with van der Waals surface area (Å²) in [6, 6.07) is 1.39. The zero-order valence-electron chi connectivity index (χ0n) is 10.7. The Morgan fingerprint density at radius 1 is 1.37 bits per heavy atom. The van der Waals surface area contributed by atoms with Gasteiger partial charge in [-0.15, -0.1) is 0 Å². The molecule has 0 fully saturated rings. The van der Waals surface area contributed by atoms with Crippen LogP contribution in [-0.2, 0) is 0 Å². The zero-order valence-corrected chi connectivity index (χ0v) is 10.7. The number of hydrogen-bond acceptors (Lipinski definition) is 5. The molecule has 0 atom stereocenters. The highest BCUT2D eigenvalue weighted by Gasteiger charge is 2.31. The van der Waals surface area contributed by atoms with Crippen LogP contribution in [-0.4, -0.2) is 42.4 Å². The van der Waals surface area contributed by atoms with E-state index >= 15 is 0 Å². The molecule has 0 radical (unpaired) electrons. The average molecular weight is 278 g/mol. The molecule has 0 bridgehead atoms. The second kappa shape index (κ2) is 7.13. The van der Waals surface area contributed by atoms with Crippen molar-refractivity contribution in [1.82, 2.24) is 9.97 Å². The van der Waals surface area contributed by atoms with E-state index in [1.807, 2.05) is 6.92 Å². The number of nitrogens with two attached hydrogens (primary N) is 1. The minimum atomic E-state index is -4.31. The Balaban J connectivity index is 2.83. The molecular formula is C11H17F3N4O. The van der Waals surface area contributed by atoms with Crippen LogP contribution in [0.15, 0.2) is 12.4 Å². The SMILES string of the molecule is CCCOc1cc(N(CCN)CC(F)(F)F)ncn1. The monoisotopic (exact) mass is 278 g/mol. The van der Waals surface area contributed by atoms with Crippen molar-refractivity contribution in [3.05, 3.63) is 12.4 Å². The molecule has 1 heterocycles. The Hall–Kier alpha value is -1.57. The Morgan fingerprint density at radius 3 is 2.68 bits per heavy atom. The Bertz CT molecular complexity index is 386. The van der Waals surface area contributed by atoms with Gasteiger partial charge in [0.15, 0.2) is 0 Å². The molecule has 1 rings (SSSR count). The van der Waals surface area contributed by atoms with Gasteiger partial charge in [-0.1, -0.05) is 6.92 Å². The molecular weight excluding hydrogens is 261 g/mol. The summed E-state index contributed by atoms with van der Waals surface area (Å²) in [6.45, 7) is 1.43. The first kappa shape index (κ1) is 15.5. The fourth-order valence-electron chi connectivity index (χ4n) is 1.44. The maximum atomic E-state index is 12.5. The van der Waals surface area contributed by atoms with Gasteiger partial charge in [-0.25, -0.2) is 9.97 Å². The molecule has 0 saturated carbocycles. The van der Waals surface area contributed by atoms with Gasteiger partial charge in [-0.3, -0.25) is 0 Å². The molecule has 0 unspecified atom stereocenters. The molecule has 0 amide bonds. The minimum Gasteiger partial charge on any atom is -0.478 e. The van der Waals surface area contributed by atoms with Crippen LogP contribution in [0.2, 0.25) is 0 Å². The van der Waals surface area contributed by atoms with E-state index in [0.717, 1.165) is 11.3 Å². The van der Waals surface area contributed by atoms with Crippen molar-refractivity contribution in [2.24, 2.45) is 5.73 Å². The van der Waals surface area contributed by atoms with Gasteiger partial charge < -0.3 is 15.4 Å². The second-order valence-electron chi connectivity index (χ2n) is 3.89. The number of ether oxygens (including phenoxy) is 1. The van der Waals surface area contributed by atoms with Crippen LogP contribution in [0, 0.1) is 0 Å². The number of alkyl halides is 3. The fourth-order valence-corrected chi connectivity index (χ4v) is 1.44. The van der Waals surface area contributed by atoms with Gasteiger partial charge in [0.25, 0.3) is 0 Å². The second-order valence-corrected chi connectivity index (χ2v) is 3.89. The summed E-state index contributed by atoms with van der Waals surface area (Å²) in [6.07, 6.45) is -2.35. The van der Waals surface area contributed by atoms with E-state index < -0.39 is 12.7 Å². The summed E-state index contributed by atoms with van der Waals surface area (Å²) in [5, 5.41) is 0. The smallest absolute Gasteiger partial charge is 0.405 e. The average Bonchev–Trinajstić information content (AvgIpc) is 2.35. The van der Waals surface area contributed by atoms with Crippen LogP contribution < -0.4 is 15.4 Å². The van der Waals surface area contributed by atoms with Crippen LogP contribution in [0.3, 0.4) is 0 Å². The number of halogens is 3. The third kappa shape index (κ3) is 5.73. The summed E-state index contributed by atoms with van der Waals surface area (Å²) in [5.41, 5.74) is 5.32.